The van der Waals surface area contributed by atoms with E-state index in [9.17, 15) is 4.79 Å². The molecular weight excluding hydrogens is 216 g/mol. The van der Waals surface area contributed by atoms with Crippen molar-refractivity contribution in [1.82, 2.24) is 10.2 Å². The predicted octanol–water partition coefficient (Wildman–Crippen LogP) is 1.57. The van der Waals surface area contributed by atoms with Crippen LogP contribution in [-0.2, 0) is 11.2 Å². The van der Waals surface area contributed by atoms with Crippen LogP contribution in [-0.4, -0.2) is 21.6 Å². The van der Waals surface area contributed by atoms with Crippen molar-refractivity contribution >= 4 is 11.7 Å². The van der Waals surface area contributed by atoms with Gasteiger partial charge in [-0.3, -0.25) is 9.89 Å². The molecule has 0 aliphatic heterocycles. The number of nitrogens with one attached hydrogen (secondary N) is 2. The minimum atomic E-state index is -0.298. The van der Waals surface area contributed by atoms with Crippen LogP contribution < -0.4 is 11.1 Å². The Morgan fingerprint density at radius 1 is 1.59 bits per heavy atom. The van der Waals surface area contributed by atoms with Crippen molar-refractivity contribution in [3.05, 3.63) is 11.8 Å². The van der Waals surface area contributed by atoms with Gasteiger partial charge in [-0.2, -0.15) is 5.10 Å². The van der Waals surface area contributed by atoms with E-state index in [1.165, 1.54) is 0 Å². The molecule has 17 heavy (non-hydrogen) atoms. The molecule has 1 fully saturated rings. The van der Waals surface area contributed by atoms with Crippen molar-refractivity contribution < 1.29 is 4.79 Å². The molecule has 1 aliphatic carbocycles. The zero-order valence-electron chi connectivity index (χ0n) is 10.3. The van der Waals surface area contributed by atoms with Gasteiger partial charge in [-0.25, -0.2) is 0 Å². The van der Waals surface area contributed by atoms with Crippen LogP contribution in [0.3, 0.4) is 0 Å². The number of H-pyrrole nitrogens is 1. The fraction of sp³-hybridized carbons (Fsp3) is 0.667. The summed E-state index contributed by atoms with van der Waals surface area (Å²) in [7, 11) is 0. The van der Waals surface area contributed by atoms with Crippen LogP contribution in [0.25, 0.3) is 0 Å². The summed E-state index contributed by atoms with van der Waals surface area (Å²) < 4.78 is 0. The second-order valence-electron chi connectivity index (χ2n) is 4.93. The Hall–Kier alpha value is -1.36. The smallest absolute Gasteiger partial charge is 0.227 e. The molecule has 0 unspecified atom stereocenters. The van der Waals surface area contributed by atoms with Gasteiger partial charge in [0.15, 0.2) is 5.82 Å². The summed E-state index contributed by atoms with van der Waals surface area (Å²) in [5, 5.41) is 9.68. The van der Waals surface area contributed by atoms with Crippen molar-refractivity contribution in [2.24, 2.45) is 5.73 Å². The van der Waals surface area contributed by atoms with Crippen LogP contribution in [0.15, 0.2) is 6.07 Å². The molecule has 1 saturated carbocycles. The van der Waals surface area contributed by atoms with Crippen LogP contribution in [0, 0.1) is 0 Å². The zero-order chi connectivity index (χ0) is 12.3. The van der Waals surface area contributed by atoms with Crippen molar-refractivity contribution in [1.29, 1.82) is 0 Å². The lowest BCUT2D eigenvalue weighted by molar-refractivity contribution is -0.117. The molecule has 1 aromatic rings. The number of aromatic nitrogens is 2. The van der Waals surface area contributed by atoms with E-state index in [0.29, 0.717) is 12.2 Å². The first-order valence-electron chi connectivity index (χ1n) is 6.24. The average molecular weight is 236 g/mol. The summed E-state index contributed by atoms with van der Waals surface area (Å²) in [4.78, 5) is 11.8. The molecule has 0 aromatic carbocycles. The molecule has 0 atom stereocenters. The Labute approximate surface area is 101 Å². The highest BCUT2D eigenvalue weighted by molar-refractivity contribution is 5.90. The topological polar surface area (TPSA) is 83.8 Å². The number of anilines is 1. The molecule has 5 nitrogen and oxygen atoms in total. The summed E-state index contributed by atoms with van der Waals surface area (Å²) in [6.07, 6.45) is 5.42. The first-order valence-corrected chi connectivity index (χ1v) is 6.24. The van der Waals surface area contributed by atoms with Gasteiger partial charge in [0.2, 0.25) is 5.91 Å². The molecule has 4 N–H and O–H groups in total. The first kappa shape index (κ1) is 12.1. The number of amides is 1. The molecule has 0 spiro atoms. The zero-order valence-corrected chi connectivity index (χ0v) is 10.3. The molecule has 1 aromatic heterocycles. The van der Waals surface area contributed by atoms with Gasteiger partial charge in [0.1, 0.15) is 0 Å². The standard InChI is InChI=1S/C12H20N4O/c1-2-9-7-10(16-15-9)14-11(17)8-12(13)5-3-4-6-12/h7H,2-6,8,13H2,1H3,(H2,14,15,16,17). The quantitative estimate of drug-likeness (QED) is 0.742. The summed E-state index contributed by atoms with van der Waals surface area (Å²) >= 11 is 0. The van der Waals surface area contributed by atoms with Crippen molar-refractivity contribution in [2.75, 3.05) is 5.32 Å². The number of aromatic amines is 1. The predicted molar refractivity (Wildman–Crippen MR) is 66.6 cm³/mol. The molecule has 0 radical (unpaired) electrons. The van der Waals surface area contributed by atoms with E-state index in [0.717, 1.165) is 37.8 Å². The lowest BCUT2D eigenvalue weighted by atomic mass is 9.94. The molecule has 2 rings (SSSR count). The van der Waals surface area contributed by atoms with Crippen molar-refractivity contribution in [3.63, 3.8) is 0 Å². The third-order valence-electron chi connectivity index (χ3n) is 3.39. The van der Waals surface area contributed by atoms with Crippen molar-refractivity contribution in [3.8, 4) is 0 Å². The molecule has 0 saturated heterocycles. The summed E-state index contributed by atoms with van der Waals surface area (Å²) in [5.41, 5.74) is 6.88. The van der Waals surface area contributed by atoms with Gasteiger partial charge in [0.05, 0.1) is 0 Å². The van der Waals surface area contributed by atoms with E-state index in [4.69, 9.17) is 5.73 Å². The fourth-order valence-electron chi connectivity index (χ4n) is 2.37. The number of aryl methyl sites for hydroxylation is 1. The van der Waals surface area contributed by atoms with Crippen LogP contribution in [0.1, 0.15) is 44.7 Å². The summed E-state index contributed by atoms with van der Waals surface area (Å²) in [5.74, 6) is 0.553. The van der Waals surface area contributed by atoms with Gasteiger partial charge in [-0.05, 0) is 19.3 Å². The maximum atomic E-state index is 11.8. The Balaban J connectivity index is 1.88. The first-order chi connectivity index (χ1) is 8.11. The van der Waals surface area contributed by atoms with E-state index in [-0.39, 0.29) is 11.4 Å². The third kappa shape index (κ3) is 3.06. The minimum absolute atomic E-state index is 0.0384. The van der Waals surface area contributed by atoms with Gasteiger partial charge in [0.25, 0.3) is 0 Å². The van der Waals surface area contributed by atoms with Crippen LogP contribution in [0.5, 0.6) is 0 Å². The Bertz CT molecular complexity index is 393. The number of nitrogens with zero attached hydrogens (tertiary/aromatic N) is 1. The highest BCUT2D eigenvalue weighted by Crippen LogP contribution is 2.30. The number of carbonyl (C=O) groups is 1. The van der Waals surface area contributed by atoms with Gasteiger partial charge >= 0.3 is 0 Å². The maximum Gasteiger partial charge on any atom is 0.227 e. The maximum absolute atomic E-state index is 11.8. The molecular formula is C12H20N4O. The van der Waals surface area contributed by atoms with E-state index in [1.807, 2.05) is 13.0 Å². The van der Waals surface area contributed by atoms with Crippen LogP contribution in [0.2, 0.25) is 0 Å². The van der Waals surface area contributed by atoms with E-state index in [2.05, 4.69) is 15.5 Å². The van der Waals surface area contributed by atoms with Crippen molar-refractivity contribution in [2.45, 2.75) is 51.0 Å². The SMILES string of the molecule is CCc1cc(NC(=O)CC2(N)CCCC2)n[nH]1. The van der Waals surface area contributed by atoms with Gasteiger partial charge < -0.3 is 11.1 Å². The minimum Gasteiger partial charge on any atom is -0.325 e. The monoisotopic (exact) mass is 236 g/mol. The molecule has 1 aliphatic rings. The van der Waals surface area contributed by atoms with E-state index >= 15 is 0 Å². The summed E-state index contributed by atoms with van der Waals surface area (Å²) in [6, 6.07) is 1.86. The normalized spacial score (nSPS) is 18.2. The Kier molecular flexibility index (Phi) is 3.47. The second-order valence-corrected chi connectivity index (χ2v) is 4.93. The number of hydrogen-bond acceptors (Lipinski definition) is 3. The third-order valence-corrected chi connectivity index (χ3v) is 3.39. The lowest BCUT2D eigenvalue weighted by Crippen LogP contribution is -2.40. The van der Waals surface area contributed by atoms with Gasteiger partial charge in [-0.15, -0.1) is 0 Å². The van der Waals surface area contributed by atoms with Gasteiger partial charge in [0, 0.05) is 23.7 Å². The average Bonchev–Trinajstić information content (AvgIpc) is 2.87. The highest BCUT2D eigenvalue weighted by atomic mass is 16.1. The van der Waals surface area contributed by atoms with Crippen LogP contribution >= 0.6 is 0 Å². The molecule has 0 bridgehead atoms. The second kappa shape index (κ2) is 4.87. The molecule has 1 amide bonds. The Morgan fingerprint density at radius 3 is 2.88 bits per heavy atom. The summed E-state index contributed by atoms with van der Waals surface area (Å²) in [6.45, 7) is 2.03. The Morgan fingerprint density at radius 2 is 2.29 bits per heavy atom. The largest absolute Gasteiger partial charge is 0.325 e. The van der Waals surface area contributed by atoms with Crippen LogP contribution in [0.4, 0.5) is 5.82 Å². The molecule has 94 valence electrons. The number of hydrogen-bond donors (Lipinski definition) is 3. The lowest BCUT2D eigenvalue weighted by Gasteiger charge is -2.22. The number of rotatable bonds is 4. The highest BCUT2D eigenvalue weighted by Gasteiger charge is 2.31. The molecule has 5 heteroatoms. The van der Waals surface area contributed by atoms with E-state index < -0.39 is 0 Å². The number of nitrogens with two attached hydrogens (primary N) is 1. The van der Waals surface area contributed by atoms with Gasteiger partial charge in [-0.1, -0.05) is 19.8 Å². The molecule has 1 heterocycles. The van der Waals surface area contributed by atoms with E-state index in [1.54, 1.807) is 0 Å². The number of carbonyl (C=O) groups excluding carboxylic acids is 1. The fourth-order valence-corrected chi connectivity index (χ4v) is 2.37.